The monoisotopic (exact) mass is 697 g/mol. The lowest BCUT2D eigenvalue weighted by molar-refractivity contribution is -0.147. The van der Waals surface area contributed by atoms with Crippen LogP contribution >= 0.6 is 11.6 Å². The van der Waals surface area contributed by atoms with Crippen molar-refractivity contribution in [3.63, 3.8) is 0 Å². The number of amides is 4. The Bertz CT molecular complexity index is 1450. The van der Waals surface area contributed by atoms with E-state index in [0.717, 1.165) is 44.1 Å². The molecule has 2 saturated heterocycles. The van der Waals surface area contributed by atoms with Crippen molar-refractivity contribution in [2.45, 2.75) is 128 Å². The maximum Gasteiger partial charge on any atom is 0.292 e. The summed E-state index contributed by atoms with van der Waals surface area (Å²) in [6, 6.07) is 4.32. The summed E-state index contributed by atoms with van der Waals surface area (Å²) in [5.74, 6) is -2.04. The van der Waals surface area contributed by atoms with E-state index in [1.165, 1.54) is 11.3 Å². The second-order valence-corrected chi connectivity index (χ2v) is 15.9. The average Bonchev–Trinajstić information content (AvgIpc) is 3.83. The zero-order valence-electron chi connectivity index (χ0n) is 29.4. The number of rotatable bonds is 11. The average molecular weight is 698 g/mol. The summed E-state index contributed by atoms with van der Waals surface area (Å²) in [4.78, 5) is 77.7. The Labute approximate surface area is 294 Å². The lowest BCUT2D eigenvalue weighted by Gasteiger charge is -2.36. The van der Waals surface area contributed by atoms with Gasteiger partial charge in [-0.3, -0.25) is 24.0 Å². The van der Waals surface area contributed by atoms with E-state index in [1.54, 1.807) is 17.0 Å². The van der Waals surface area contributed by atoms with Crippen molar-refractivity contribution in [3.05, 3.63) is 34.9 Å². The fourth-order valence-electron chi connectivity index (χ4n) is 7.69. The first-order valence-electron chi connectivity index (χ1n) is 18.0. The van der Waals surface area contributed by atoms with Crippen LogP contribution in [-0.2, 0) is 28.8 Å². The highest BCUT2D eigenvalue weighted by Crippen LogP contribution is 2.40. The molecule has 0 bridgehead atoms. The SMILES string of the molecule is CCC[C@H](NC(=O)[C@@H]1C[C@]2(CC(c3cccc(Cl)c3)=NO2)CN1C(=O)[C@@H](NC(=O)CC1CCCCC1)C(C)(C)C)C(=O)C(=O)N1CCCC1. The molecule has 49 heavy (non-hydrogen) atoms. The van der Waals surface area contributed by atoms with E-state index >= 15 is 0 Å². The topological polar surface area (TPSA) is 137 Å². The Morgan fingerprint density at radius 3 is 2.41 bits per heavy atom. The third-order valence-electron chi connectivity index (χ3n) is 10.4. The number of halogens is 1. The van der Waals surface area contributed by atoms with E-state index in [4.69, 9.17) is 16.4 Å². The maximum absolute atomic E-state index is 14.6. The molecule has 1 saturated carbocycles. The van der Waals surface area contributed by atoms with Crippen molar-refractivity contribution in [3.8, 4) is 0 Å². The number of ketones is 1. The number of hydrogen-bond donors (Lipinski definition) is 2. The summed E-state index contributed by atoms with van der Waals surface area (Å²) in [5.41, 5.74) is -0.233. The molecule has 5 rings (SSSR count). The van der Waals surface area contributed by atoms with E-state index < -0.39 is 52.6 Å². The largest absolute Gasteiger partial charge is 0.387 e. The number of nitrogens with one attached hydrogen (secondary N) is 2. The first-order valence-corrected chi connectivity index (χ1v) is 18.4. The summed E-state index contributed by atoms with van der Waals surface area (Å²) >= 11 is 6.26. The summed E-state index contributed by atoms with van der Waals surface area (Å²) in [7, 11) is 0. The highest BCUT2D eigenvalue weighted by Gasteiger charge is 2.55. The van der Waals surface area contributed by atoms with E-state index in [1.807, 2.05) is 39.8 Å². The molecule has 4 aliphatic rings. The summed E-state index contributed by atoms with van der Waals surface area (Å²) < 4.78 is 0. The lowest BCUT2D eigenvalue weighted by Crippen LogP contribution is -2.59. The third-order valence-corrected chi connectivity index (χ3v) is 10.6. The minimum Gasteiger partial charge on any atom is -0.387 e. The molecule has 4 amide bonds. The molecule has 0 unspecified atom stereocenters. The molecule has 11 nitrogen and oxygen atoms in total. The molecule has 1 aliphatic carbocycles. The van der Waals surface area contributed by atoms with Crippen molar-refractivity contribution in [1.82, 2.24) is 20.4 Å². The Morgan fingerprint density at radius 1 is 1.04 bits per heavy atom. The molecule has 2 N–H and O–H groups in total. The third kappa shape index (κ3) is 8.83. The number of nitrogens with zero attached hydrogens (tertiary/aromatic N) is 3. The van der Waals surface area contributed by atoms with E-state index in [9.17, 15) is 24.0 Å². The molecule has 0 aromatic heterocycles. The maximum atomic E-state index is 14.6. The van der Waals surface area contributed by atoms with E-state index in [-0.39, 0.29) is 25.3 Å². The summed E-state index contributed by atoms with van der Waals surface area (Å²) in [6.07, 6.45) is 8.77. The number of likely N-dealkylation sites (tertiary alicyclic amines) is 2. The number of carbonyl (C=O) groups excluding carboxylic acids is 5. The quantitative estimate of drug-likeness (QED) is 0.320. The molecule has 268 valence electrons. The minimum atomic E-state index is -1.02. The molecule has 1 aromatic rings. The molecule has 4 atom stereocenters. The van der Waals surface area contributed by atoms with Gasteiger partial charge in [0.25, 0.3) is 5.91 Å². The molecule has 3 heterocycles. The van der Waals surface area contributed by atoms with Crippen LogP contribution in [0.15, 0.2) is 29.4 Å². The van der Waals surface area contributed by atoms with Crippen LogP contribution in [0.25, 0.3) is 0 Å². The van der Waals surface area contributed by atoms with Gasteiger partial charge in [-0.25, -0.2) is 0 Å². The van der Waals surface area contributed by atoms with Crippen molar-refractivity contribution in [1.29, 1.82) is 0 Å². The Kier molecular flexibility index (Phi) is 11.7. The summed E-state index contributed by atoms with van der Waals surface area (Å²) in [6.45, 7) is 8.67. The van der Waals surface area contributed by atoms with Crippen LogP contribution in [0.4, 0.5) is 0 Å². The van der Waals surface area contributed by atoms with E-state index in [2.05, 4.69) is 15.8 Å². The Balaban J connectivity index is 1.39. The second-order valence-electron chi connectivity index (χ2n) is 15.5. The molecule has 1 aromatic carbocycles. The van der Waals surface area contributed by atoms with Gasteiger partial charge in [0.1, 0.15) is 12.1 Å². The Hall–Kier alpha value is -3.47. The van der Waals surface area contributed by atoms with Crippen LogP contribution in [0.3, 0.4) is 0 Å². The highest BCUT2D eigenvalue weighted by atomic mass is 35.5. The van der Waals surface area contributed by atoms with Gasteiger partial charge in [-0.2, -0.15) is 0 Å². The van der Waals surface area contributed by atoms with Gasteiger partial charge in [-0.15, -0.1) is 0 Å². The molecule has 12 heteroatoms. The first kappa shape index (κ1) is 36.8. The number of carbonyl (C=O) groups is 5. The molecule has 3 aliphatic heterocycles. The van der Waals surface area contributed by atoms with Crippen LogP contribution < -0.4 is 10.6 Å². The van der Waals surface area contributed by atoms with Crippen molar-refractivity contribution in [2.75, 3.05) is 19.6 Å². The second kappa shape index (κ2) is 15.6. The number of oxime groups is 1. The van der Waals surface area contributed by atoms with Crippen molar-refractivity contribution < 1.29 is 28.8 Å². The zero-order chi connectivity index (χ0) is 35.3. The molecule has 1 spiro atoms. The van der Waals surface area contributed by atoms with Crippen LogP contribution in [0.1, 0.15) is 110 Å². The zero-order valence-corrected chi connectivity index (χ0v) is 30.2. The molecular weight excluding hydrogens is 646 g/mol. The fraction of sp³-hybridized carbons (Fsp3) is 0.676. The fourth-order valence-corrected chi connectivity index (χ4v) is 7.88. The van der Waals surface area contributed by atoms with Crippen molar-refractivity contribution >= 4 is 46.7 Å². The number of hydrogen-bond acceptors (Lipinski definition) is 7. The predicted octanol–water partition coefficient (Wildman–Crippen LogP) is 4.78. The van der Waals surface area contributed by atoms with Gasteiger partial charge in [0, 0.05) is 42.9 Å². The number of benzene rings is 1. The molecule has 0 radical (unpaired) electrons. The standard InChI is InChI=1S/C37H52ClN5O6/c1-5-12-27(31(45)34(47)42-17-9-10-18-42)39-33(46)29-22-37(21-28(41-49-37)25-15-11-16-26(38)20-25)23-43(29)35(48)32(36(2,3)4)40-30(44)19-24-13-7-6-8-14-24/h11,15-16,20,24,27,29,32H,5-10,12-14,17-19,21-23H2,1-4H3,(H,39,46)(H,40,44)/t27-,29-,32+,37+/m0/s1. The van der Waals surface area contributed by atoms with Crippen LogP contribution in [-0.4, -0.2) is 88.3 Å². The predicted molar refractivity (Wildman–Crippen MR) is 187 cm³/mol. The van der Waals surface area contributed by atoms with Crippen LogP contribution in [0.2, 0.25) is 5.02 Å². The van der Waals surface area contributed by atoms with Crippen LogP contribution in [0.5, 0.6) is 0 Å². The van der Waals surface area contributed by atoms with Gasteiger partial charge in [0.05, 0.1) is 18.3 Å². The molecular formula is C37H52ClN5O6. The van der Waals surface area contributed by atoms with Gasteiger partial charge < -0.3 is 25.3 Å². The highest BCUT2D eigenvalue weighted by molar-refractivity contribution is 6.38. The van der Waals surface area contributed by atoms with Gasteiger partial charge in [0.2, 0.25) is 23.5 Å². The number of Topliss-reactive ketones (excluding diaryl/α,β-unsaturated/α-hetero) is 1. The van der Waals surface area contributed by atoms with Gasteiger partial charge in [-0.05, 0) is 55.6 Å². The van der Waals surface area contributed by atoms with Gasteiger partial charge in [0.15, 0.2) is 5.60 Å². The van der Waals surface area contributed by atoms with Crippen molar-refractivity contribution in [2.24, 2.45) is 16.5 Å². The van der Waals surface area contributed by atoms with Gasteiger partial charge in [-0.1, -0.05) is 82.3 Å². The van der Waals surface area contributed by atoms with E-state index in [0.29, 0.717) is 49.0 Å². The lowest BCUT2D eigenvalue weighted by atomic mass is 9.84. The smallest absolute Gasteiger partial charge is 0.292 e. The normalized spacial score (nSPS) is 23.9. The van der Waals surface area contributed by atoms with Gasteiger partial charge >= 0.3 is 0 Å². The minimum absolute atomic E-state index is 0.0572. The van der Waals surface area contributed by atoms with Crippen LogP contribution in [0, 0.1) is 11.3 Å². The molecule has 3 fully saturated rings. The summed E-state index contributed by atoms with van der Waals surface area (Å²) in [5, 5.41) is 10.8. The Morgan fingerprint density at radius 2 is 1.76 bits per heavy atom. The first-order chi connectivity index (χ1) is 23.3.